The van der Waals surface area contributed by atoms with E-state index >= 15 is 0 Å². The first kappa shape index (κ1) is 15.5. The predicted octanol–water partition coefficient (Wildman–Crippen LogP) is 4.33. The maximum atomic E-state index is 12.7. The number of anilines is 1. The predicted molar refractivity (Wildman–Crippen MR) is 79.1 cm³/mol. The molecule has 0 radical (unpaired) electrons. The van der Waals surface area contributed by atoms with Crippen LogP contribution in [0.1, 0.15) is 20.3 Å². The highest BCUT2D eigenvalue weighted by atomic mass is 127. The summed E-state index contributed by atoms with van der Waals surface area (Å²) in [6.45, 7) is 4.78. The molecule has 102 valence electrons. The molecule has 0 saturated carbocycles. The molecule has 1 rings (SSSR count). The number of alkyl halides is 3. The zero-order valence-corrected chi connectivity index (χ0v) is 12.8. The summed E-state index contributed by atoms with van der Waals surface area (Å²) in [5, 5.41) is 0. The summed E-state index contributed by atoms with van der Waals surface area (Å²) < 4.78 is 30.9. The molecule has 0 aliphatic carbocycles. The molecular formula is C13H18F2INO. The van der Waals surface area contributed by atoms with Crippen molar-refractivity contribution in [3.8, 4) is 5.75 Å². The molecule has 0 aliphatic heterocycles. The molecule has 0 aliphatic rings. The van der Waals surface area contributed by atoms with E-state index in [2.05, 4.69) is 39.2 Å². The van der Waals surface area contributed by atoms with Crippen molar-refractivity contribution in [2.45, 2.75) is 26.4 Å². The maximum Gasteiger partial charge on any atom is 0.394 e. The maximum absolute atomic E-state index is 12.7. The molecule has 0 aromatic heterocycles. The minimum absolute atomic E-state index is 0.192. The Morgan fingerprint density at radius 2 is 1.83 bits per heavy atom. The van der Waals surface area contributed by atoms with Crippen molar-refractivity contribution in [3.63, 3.8) is 0 Å². The van der Waals surface area contributed by atoms with E-state index in [0.717, 1.165) is 36.5 Å². The van der Waals surface area contributed by atoms with Crippen molar-refractivity contribution in [3.05, 3.63) is 24.3 Å². The van der Waals surface area contributed by atoms with Gasteiger partial charge < -0.3 is 9.64 Å². The van der Waals surface area contributed by atoms with Crippen molar-refractivity contribution in [1.82, 2.24) is 0 Å². The summed E-state index contributed by atoms with van der Waals surface area (Å²) in [5.74, 6) is 0.192. The second-order valence-electron chi connectivity index (χ2n) is 4.08. The van der Waals surface area contributed by atoms with E-state index in [4.69, 9.17) is 0 Å². The Morgan fingerprint density at radius 3 is 2.28 bits per heavy atom. The summed E-state index contributed by atoms with van der Waals surface area (Å²) in [4.78, 5) is 2.24. The zero-order valence-electron chi connectivity index (χ0n) is 10.6. The van der Waals surface area contributed by atoms with Crippen molar-refractivity contribution < 1.29 is 13.5 Å². The highest BCUT2D eigenvalue weighted by Crippen LogP contribution is 2.24. The quantitative estimate of drug-likeness (QED) is 0.524. The van der Waals surface area contributed by atoms with Gasteiger partial charge in [-0.1, -0.05) is 29.5 Å². The summed E-state index contributed by atoms with van der Waals surface area (Å²) in [7, 11) is 0. The van der Waals surface area contributed by atoms with Crippen LogP contribution in [0, 0.1) is 0 Å². The van der Waals surface area contributed by atoms with E-state index in [-0.39, 0.29) is 5.75 Å². The first-order valence-electron chi connectivity index (χ1n) is 5.94. The van der Waals surface area contributed by atoms with E-state index in [1.54, 1.807) is 12.1 Å². The van der Waals surface area contributed by atoms with Gasteiger partial charge in [0.25, 0.3) is 0 Å². The fourth-order valence-electron chi connectivity index (χ4n) is 1.67. The van der Waals surface area contributed by atoms with Gasteiger partial charge in [0.2, 0.25) is 0 Å². The SMILES string of the molecule is CCCN(CCI)c1ccc(OC(C)(F)F)cc1. The topological polar surface area (TPSA) is 12.5 Å². The second kappa shape index (κ2) is 7.11. The van der Waals surface area contributed by atoms with Gasteiger partial charge in [-0.2, -0.15) is 8.78 Å². The lowest BCUT2D eigenvalue weighted by Gasteiger charge is -2.23. The number of ether oxygens (including phenoxy) is 1. The normalized spacial score (nSPS) is 11.4. The summed E-state index contributed by atoms with van der Waals surface area (Å²) in [5.41, 5.74) is 1.04. The van der Waals surface area contributed by atoms with Gasteiger partial charge in [-0.3, -0.25) is 0 Å². The first-order valence-corrected chi connectivity index (χ1v) is 7.46. The average molecular weight is 369 g/mol. The zero-order chi connectivity index (χ0) is 13.6. The highest BCUT2D eigenvalue weighted by molar-refractivity contribution is 14.1. The van der Waals surface area contributed by atoms with Crippen LogP contribution >= 0.6 is 22.6 Å². The van der Waals surface area contributed by atoms with Gasteiger partial charge in [0.1, 0.15) is 5.75 Å². The Bertz CT molecular complexity index is 345. The van der Waals surface area contributed by atoms with Crippen molar-refractivity contribution in [2.24, 2.45) is 0 Å². The van der Waals surface area contributed by atoms with E-state index in [0.29, 0.717) is 0 Å². The largest absolute Gasteiger partial charge is 0.433 e. The molecule has 5 heteroatoms. The molecule has 1 aromatic rings. The van der Waals surface area contributed by atoms with Crippen molar-refractivity contribution >= 4 is 28.3 Å². The third kappa shape index (κ3) is 5.37. The molecule has 0 amide bonds. The molecule has 0 unspecified atom stereocenters. The number of hydrogen-bond donors (Lipinski definition) is 0. The molecular weight excluding hydrogens is 351 g/mol. The Morgan fingerprint density at radius 1 is 1.22 bits per heavy atom. The van der Waals surface area contributed by atoms with Crippen LogP contribution in [0.3, 0.4) is 0 Å². The molecule has 0 bridgehead atoms. The molecule has 0 atom stereocenters. The molecule has 1 aromatic carbocycles. The van der Waals surface area contributed by atoms with Crippen LogP contribution in [0.5, 0.6) is 5.75 Å². The summed E-state index contributed by atoms with van der Waals surface area (Å²) in [6, 6.07) is 6.82. The number of benzene rings is 1. The Kier molecular flexibility index (Phi) is 6.11. The van der Waals surface area contributed by atoms with Gasteiger partial charge in [-0.05, 0) is 30.7 Å². The van der Waals surface area contributed by atoms with E-state index in [9.17, 15) is 8.78 Å². The van der Waals surface area contributed by atoms with E-state index in [1.165, 1.54) is 0 Å². The average Bonchev–Trinajstić information content (AvgIpc) is 2.28. The second-order valence-corrected chi connectivity index (χ2v) is 5.16. The molecule has 0 fully saturated rings. The number of halogens is 3. The van der Waals surface area contributed by atoms with Crippen LogP contribution in [0.4, 0.5) is 14.5 Å². The standard InChI is InChI=1S/C13H18F2INO/c1-3-9-17(10-8-16)11-4-6-12(7-5-11)18-13(2,14)15/h4-7H,3,8-10H2,1-2H3. The monoisotopic (exact) mass is 369 g/mol. The summed E-state index contributed by atoms with van der Waals surface area (Å²) in [6.07, 6.45) is -2.07. The Labute approximate surface area is 120 Å². The lowest BCUT2D eigenvalue weighted by Crippen LogP contribution is -2.26. The summed E-state index contributed by atoms with van der Waals surface area (Å²) >= 11 is 2.33. The van der Waals surface area contributed by atoms with Crippen molar-refractivity contribution in [2.75, 3.05) is 22.4 Å². The van der Waals surface area contributed by atoms with Crippen LogP contribution in [0.2, 0.25) is 0 Å². The van der Waals surface area contributed by atoms with Gasteiger partial charge in [-0.15, -0.1) is 0 Å². The van der Waals surface area contributed by atoms with Crippen LogP contribution in [-0.2, 0) is 0 Å². The number of rotatable bonds is 7. The Balaban J connectivity index is 2.73. The van der Waals surface area contributed by atoms with Gasteiger partial charge >= 0.3 is 6.11 Å². The van der Waals surface area contributed by atoms with Crippen LogP contribution in [-0.4, -0.2) is 23.6 Å². The lowest BCUT2D eigenvalue weighted by molar-refractivity contribution is -0.158. The van der Waals surface area contributed by atoms with E-state index < -0.39 is 6.11 Å². The van der Waals surface area contributed by atoms with Gasteiger partial charge in [0.15, 0.2) is 0 Å². The van der Waals surface area contributed by atoms with Crippen LogP contribution in [0.15, 0.2) is 24.3 Å². The minimum atomic E-state index is -3.13. The molecule has 0 N–H and O–H groups in total. The van der Waals surface area contributed by atoms with Gasteiger partial charge in [0, 0.05) is 30.1 Å². The van der Waals surface area contributed by atoms with Gasteiger partial charge in [0.05, 0.1) is 0 Å². The van der Waals surface area contributed by atoms with Crippen LogP contribution < -0.4 is 9.64 Å². The molecule has 18 heavy (non-hydrogen) atoms. The lowest BCUT2D eigenvalue weighted by atomic mass is 10.2. The van der Waals surface area contributed by atoms with E-state index in [1.807, 2.05) is 12.1 Å². The molecule has 0 saturated heterocycles. The molecule has 0 spiro atoms. The fraction of sp³-hybridized carbons (Fsp3) is 0.538. The third-order valence-electron chi connectivity index (χ3n) is 2.35. The third-order valence-corrected chi connectivity index (χ3v) is 2.83. The van der Waals surface area contributed by atoms with Crippen molar-refractivity contribution in [1.29, 1.82) is 0 Å². The molecule has 0 heterocycles. The van der Waals surface area contributed by atoms with Gasteiger partial charge in [-0.25, -0.2) is 0 Å². The fourth-order valence-corrected chi connectivity index (χ4v) is 2.26. The number of nitrogens with zero attached hydrogens (tertiary/aromatic N) is 1. The molecule has 2 nitrogen and oxygen atoms in total. The number of hydrogen-bond acceptors (Lipinski definition) is 2. The smallest absolute Gasteiger partial charge is 0.394 e. The minimum Gasteiger partial charge on any atom is -0.433 e. The highest BCUT2D eigenvalue weighted by Gasteiger charge is 2.22. The Hall–Kier alpha value is -0.590. The van der Waals surface area contributed by atoms with Crippen LogP contribution in [0.25, 0.3) is 0 Å². The first-order chi connectivity index (χ1) is 8.46.